The number of allylic oxidation sites excluding steroid dienone is 1. The Morgan fingerprint density at radius 1 is 1.31 bits per heavy atom. The van der Waals surface area contributed by atoms with Crippen molar-refractivity contribution in [2.75, 3.05) is 11.1 Å². The van der Waals surface area contributed by atoms with E-state index in [0.717, 1.165) is 11.3 Å². The third kappa shape index (κ3) is 4.70. The van der Waals surface area contributed by atoms with Crippen molar-refractivity contribution in [2.45, 2.75) is 51.8 Å². The number of nitrogens with zero attached hydrogens (tertiary/aromatic N) is 2. The maximum absolute atomic E-state index is 13.1. The van der Waals surface area contributed by atoms with Crippen LogP contribution in [-0.4, -0.2) is 32.8 Å². The van der Waals surface area contributed by atoms with Crippen molar-refractivity contribution in [3.05, 3.63) is 57.3 Å². The van der Waals surface area contributed by atoms with Crippen molar-refractivity contribution in [2.24, 2.45) is 5.92 Å². The lowest BCUT2D eigenvalue weighted by Crippen LogP contribution is -2.32. The van der Waals surface area contributed by atoms with Gasteiger partial charge in [-0.3, -0.25) is 9.78 Å². The third-order valence-corrected chi connectivity index (χ3v) is 5.65. The molecule has 2 aromatic heterocycles. The van der Waals surface area contributed by atoms with Crippen LogP contribution in [0.5, 0.6) is 0 Å². The van der Waals surface area contributed by atoms with Crippen LogP contribution in [0.4, 0.5) is 5.82 Å². The number of carbonyl (C=O) groups excluding carboxylic acids is 1. The van der Waals surface area contributed by atoms with Gasteiger partial charge in [0.1, 0.15) is 5.82 Å². The SMILES string of the molecule is CC1=C(C(=O)OC(C)C)[C@H](c2cccnc2)c2c(nc(SCC(C)C)[nH]c2=O)N1. The minimum absolute atomic E-state index is 0.273. The molecule has 0 radical (unpaired) electrons. The van der Waals surface area contributed by atoms with E-state index in [2.05, 4.69) is 34.1 Å². The summed E-state index contributed by atoms with van der Waals surface area (Å²) in [5, 5.41) is 3.70. The summed E-state index contributed by atoms with van der Waals surface area (Å²) in [6.07, 6.45) is 3.05. The smallest absolute Gasteiger partial charge is 0.337 e. The number of esters is 1. The molecule has 0 fully saturated rings. The van der Waals surface area contributed by atoms with Gasteiger partial charge in [0.15, 0.2) is 5.16 Å². The van der Waals surface area contributed by atoms with Crippen LogP contribution in [0.1, 0.15) is 51.7 Å². The first-order chi connectivity index (χ1) is 13.8. The maximum Gasteiger partial charge on any atom is 0.337 e. The van der Waals surface area contributed by atoms with E-state index in [4.69, 9.17) is 4.74 Å². The van der Waals surface area contributed by atoms with Gasteiger partial charge >= 0.3 is 5.97 Å². The van der Waals surface area contributed by atoms with Crippen molar-refractivity contribution >= 4 is 23.5 Å². The monoisotopic (exact) mass is 414 g/mol. The molecule has 0 saturated carbocycles. The second kappa shape index (κ2) is 8.82. The predicted octanol–water partition coefficient (Wildman–Crippen LogP) is 3.70. The average molecular weight is 415 g/mol. The number of thioether (sulfide) groups is 1. The van der Waals surface area contributed by atoms with Crippen LogP contribution >= 0.6 is 11.8 Å². The van der Waals surface area contributed by atoms with Crippen molar-refractivity contribution in [1.82, 2.24) is 15.0 Å². The van der Waals surface area contributed by atoms with Crippen LogP contribution in [0.3, 0.4) is 0 Å². The molecule has 0 spiro atoms. The van der Waals surface area contributed by atoms with Crippen molar-refractivity contribution in [1.29, 1.82) is 0 Å². The van der Waals surface area contributed by atoms with E-state index in [-0.39, 0.29) is 11.7 Å². The minimum atomic E-state index is -0.605. The summed E-state index contributed by atoms with van der Waals surface area (Å²) in [4.78, 5) is 37.6. The lowest BCUT2D eigenvalue weighted by molar-refractivity contribution is -0.143. The predicted molar refractivity (Wildman–Crippen MR) is 114 cm³/mol. The van der Waals surface area contributed by atoms with E-state index in [1.807, 2.05) is 6.07 Å². The van der Waals surface area contributed by atoms with Gasteiger partial charge in [-0.05, 0) is 38.3 Å². The third-order valence-electron chi connectivity index (χ3n) is 4.35. The van der Waals surface area contributed by atoms with Gasteiger partial charge in [0.2, 0.25) is 0 Å². The van der Waals surface area contributed by atoms with Gasteiger partial charge in [-0.1, -0.05) is 31.7 Å². The summed E-state index contributed by atoms with van der Waals surface area (Å²) in [5.41, 5.74) is 1.88. The van der Waals surface area contributed by atoms with E-state index in [0.29, 0.717) is 33.7 Å². The molecule has 0 saturated heterocycles. The Labute approximate surface area is 174 Å². The first-order valence-electron chi connectivity index (χ1n) is 9.63. The van der Waals surface area contributed by atoms with Gasteiger partial charge < -0.3 is 15.0 Å². The fraction of sp³-hybridized carbons (Fsp3) is 0.429. The van der Waals surface area contributed by atoms with Gasteiger partial charge in [0, 0.05) is 23.8 Å². The van der Waals surface area contributed by atoms with E-state index < -0.39 is 11.9 Å². The number of H-pyrrole nitrogens is 1. The van der Waals surface area contributed by atoms with Crippen LogP contribution < -0.4 is 10.9 Å². The van der Waals surface area contributed by atoms with Crippen LogP contribution in [0, 0.1) is 5.92 Å². The molecule has 0 aliphatic carbocycles. The molecule has 0 aromatic carbocycles. The second-order valence-electron chi connectivity index (χ2n) is 7.68. The summed E-state index contributed by atoms with van der Waals surface area (Å²) in [6, 6.07) is 3.63. The molecular formula is C21H26N4O3S. The number of carbonyl (C=O) groups is 1. The standard InChI is InChI=1S/C21H26N4O3S/c1-11(2)10-29-21-24-18-17(19(26)25-21)16(14-7-6-8-22-9-14)15(13(5)23-18)20(27)28-12(3)4/h6-9,11-12,16H,10H2,1-5H3,(H2,23,24,25,26)/t16-/m0/s1. The Bertz CT molecular complexity index is 983. The number of anilines is 1. The van der Waals surface area contributed by atoms with Gasteiger partial charge in [0.05, 0.1) is 23.2 Å². The fourth-order valence-corrected chi connectivity index (χ4v) is 3.99. The maximum atomic E-state index is 13.1. The van der Waals surface area contributed by atoms with Gasteiger partial charge in [-0.25, -0.2) is 9.78 Å². The van der Waals surface area contributed by atoms with Crippen LogP contribution in [-0.2, 0) is 9.53 Å². The molecule has 1 aliphatic heterocycles. The zero-order valence-corrected chi connectivity index (χ0v) is 18.1. The molecule has 3 rings (SSSR count). The molecule has 154 valence electrons. The first-order valence-corrected chi connectivity index (χ1v) is 10.6. The fourth-order valence-electron chi connectivity index (χ4n) is 3.17. The number of aromatic nitrogens is 3. The topological polar surface area (TPSA) is 97.0 Å². The van der Waals surface area contributed by atoms with Crippen molar-refractivity contribution in [3.63, 3.8) is 0 Å². The summed E-state index contributed by atoms with van der Waals surface area (Å²) in [7, 11) is 0. The average Bonchev–Trinajstić information content (AvgIpc) is 2.65. The second-order valence-corrected chi connectivity index (χ2v) is 8.68. The van der Waals surface area contributed by atoms with Gasteiger partial charge in [-0.15, -0.1) is 0 Å². The van der Waals surface area contributed by atoms with Crippen LogP contribution in [0.2, 0.25) is 0 Å². The molecule has 0 bridgehead atoms. The van der Waals surface area contributed by atoms with Crippen LogP contribution in [0.25, 0.3) is 0 Å². The normalized spacial score (nSPS) is 16.0. The highest BCUT2D eigenvalue weighted by molar-refractivity contribution is 7.99. The van der Waals surface area contributed by atoms with E-state index in [1.54, 1.807) is 39.2 Å². The molecule has 2 N–H and O–H groups in total. The zero-order chi connectivity index (χ0) is 21.1. The Morgan fingerprint density at radius 3 is 2.69 bits per heavy atom. The first kappa shape index (κ1) is 21.1. The minimum Gasteiger partial charge on any atom is -0.460 e. The molecule has 7 nitrogen and oxygen atoms in total. The number of hydrogen-bond donors (Lipinski definition) is 2. The molecular weight excluding hydrogens is 388 g/mol. The number of pyridine rings is 1. The molecule has 0 unspecified atom stereocenters. The molecule has 1 aliphatic rings. The van der Waals surface area contributed by atoms with E-state index >= 15 is 0 Å². The highest BCUT2D eigenvalue weighted by Crippen LogP contribution is 2.40. The number of ether oxygens (including phenoxy) is 1. The Hall–Kier alpha value is -2.61. The molecule has 8 heteroatoms. The number of aromatic amines is 1. The highest BCUT2D eigenvalue weighted by atomic mass is 32.2. The molecule has 0 amide bonds. The van der Waals surface area contributed by atoms with Crippen molar-refractivity contribution < 1.29 is 9.53 Å². The van der Waals surface area contributed by atoms with Gasteiger partial charge in [0.25, 0.3) is 5.56 Å². The van der Waals surface area contributed by atoms with Gasteiger partial charge in [-0.2, -0.15) is 0 Å². The zero-order valence-electron chi connectivity index (χ0n) is 17.3. The van der Waals surface area contributed by atoms with E-state index in [9.17, 15) is 9.59 Å². The summed E-state index contributed by atoms with van der Waals surface area (Å²) >= 11 is 1.50. The largest absolute Gasteiger partial charge is 0.460 e. The lowest BCUT2D eigenvalue weighted by atomic mass is 9.83. The number of fused-ring (bicyclic) bond motifs is 1. The molecule has 29 heavy (non-hydrogen) atoms. The molecule has 1 atom stereocenters. The summed E-state index contributed by atoms with van der Waals surface area (Å²) in [6.45, 7) is 9.61. The van der Waals surface area contributed by atoms with E-state index in [1.165, 1.54) is 11.8 Å². The Balaban J connectivity index is 2.13. The molecule has 3 heterocycles. The summed E-state index contributed by atoms with van der Waals surface area (Å²) in [5.74, 6) is 0.715. The number of nitrogens with one attached hydrogen (secondary N) is 2. The quantitative estimate of drug-likeness (QED) is 0.423. The Morgan fingerprint density at radius 2 is 2.07 bits per heavy atom. The molecule has 2 aromatic rings. The number of rotatable bonds is 6. The highest BCUT2D eigenvalue weighted by Gasteiger charge is 2.36. The number of hydrogen-bond acceptors (Lipinski definition) is 7. The van der Waals surface area contributed by atoms with Crippen LogP contribution in [0.15, 0.2) is 45.7 Å². The summed E-state index contributed by atoms with van der Waals surface area (Å²) < 4.78 is 5.46. The Kier molecular flexibility index (Phi) is 6.42. The van der Waals surface area contributed by atoms with Crippen molar-refractivity contribution in [3.8, 4) is 0 Å². The lowest BCUT2D eigenvalue weighted by Gasteiger charge is -2.29.